The highest BCUT2D eigenvalue weighted by Gasteiger charge is 2.44. The molecule has 2 aromatic carbocycles. The van der Waals surface area contributed by atoms with Crippen LogP contribution in [0.4, 0.5) is 0 Å². The number of carbonyl (C=O) groups excluding carboxylic acids is 1. The van der Waals surface area contributed by atoms with Crippen LogP contribution in [0.3, 0.4) is 0 Å². The van der Waals surface area contributed by atoms with Crippen LogP contribution in [0.25, 0.3) is 5.69 Å². The Hall–Kier alpha value is -3.12. The molecule has 0 spiro atoms. The van der Waals surface area contributed by atoms with Gasteiger partial charge in [0.25, 0.3) is 0 Å². The second kappa shape index (κ2) is 8.49. The fourth-order valence-electron chi connectivity index (χ4n) is 3.68. The summed E-state index contributed by atoms with van der Waals surface area (Å²) >= 11 is 0. The van der Waals surface area contributed by atoms with Crippen molar-refractivity contribution < 1.29 is 9.53 Å². The molecule has 29 heavy (non-hydrogen) atoms. The number of rotatable bonds is 8. The number of nitrogens with zero attached hydrogens (tertiary/aromatic N) is 2. The fraction of sp³-hybridized carbons (Fsp3) is 0.304. The van der Waals surface area contributed by atoms with Crippen molar-refractivity contribution in [2.75, 3.05) is 26.7 Å². The van der Waals surface area contributed by atoms with E-state index in [4.69, 9.17) is 4.74 Å². The third-order valence-corrected chi connectivity index (χ3v) is 5.44. The molecule has 0 atom stereocenters. The highest BCUT2D eigenvalue weighted by molar-refractivity contribution is 5.84. The number of amides is 1. The molecule has 2 N–H and O–H groups in total. The van der Waals surface area contributed by atoms with E-state index in [2.05, 4.69) is 15.7 Å². The molecule has 0 aliphatic carbocycles. The molecule has 1 aliphatic heterocycles. The van der Waals surface area contributed by atoms with Crippen molar-refractivity contribution in [3.8, 4) is 11.4 Å². The zero-order valence-electron chi connectivity index (χ0n) is 16.6. The Bertz CT molecular complexity index is 964. The SMILES string of the molecule is COc1cccc(CC2(C(=O)NCCc3cnn(-c4ccccc4)c3)CNC2)c1. The number of ether oxygens (including phenoxy) is 1. The van der Waals surface area contributed by atoms with E-state index >= 15 is 0 Å². The molecule has 1 aliphatic rings. The summed E-state index contributed by atoms with van der Waals surface area (Å²) in [4.78, 5) is 12.9. The summed E-state index contributed by atoms with van der Waals surface area (Å²) in [6.45, 7) is 1.99. The highest BCUT2D eigenvalue weighted by atomic mass is 16.5. The predicted octanol–water partition coefficient (Wildman–Crippen LogP) is 2.37. The van der Waals surface area contributed by atoms with Crippen LogP contribution >= 0.6 is 0 Å². The van der Waals surface area contributed by atoms with Crippen LogP contribution < -0.4 is 15.4 Å². The van der Waals surface area contributed by atoms with Gasteiger partial charge in [-0.05, 0) is 48.2 Å². The molecule has 1 fully saturated rings. The van der Waals surface area contributed by atoms with E-state index in [1.165, 1.54) is 0 Å². The van der Waals surface area contributed by atoms with Gasteiger partial charge in [-0.3, -0.25) is 4.79 Å². The molecule has 0 bridgehead atoms. The standard InChI is InChI=1S/C23H26N4O2/c1-29-21-9-5-6-18(12-21)13-23(16-24-17-23)22(28)25-11-10-19-14-26-27(15-19)20-7-3-2-4-8-20/h2-9,12,14-15,24H,10-11,13,16-17H2,1H3,(H,25,28). The first-order chi connectivity index (χ1) is 14.2. The van der Waals surface area contributed by atoms with E-state index in [-0.39, 0.29) is 11.3 Å². The number of hydrogen-bond donors (Lipinski definition) is 2. The highest BCUT2D eigenvalue weighted by Crippen LogP contribution is 2.29. The van der Waals surface area contributed by atoms with Gasteiger partial charge in [0.2, 0.25) is 5.91 Å². The number of aromatic nitrogens is 2. The molecule has 3 aromatic rings. The molecule has 0 unspecified atom stereocenters. The third-order valence-electron chi connectivity index (χ3n) is 5.44. The van der Waals surface area contributed by atoms with Crippen molar-refractivity contribution >= 4 is 5.91 Å². The lowest BCUT2D eigenvalue weighted by Gasteiger charge is -2.41. The number of nitrogens with one attached hydrogen (secondary N) is 2. The van der Waals surface area contributed by atoms with E-state index in [1.807, 2.05) is 71.7 Å². The summed E-state index contributed by atoms with van der Waals surface area (Å²) in [6.07, 6.45) is 5.32. The van der Waals surface area contributed by atoms with E-state index in [0.717, 1.165) is 29.0 Å². The maximum Gasteiger partial charge on any atom is 0.229 e. The first-order valence-corrected chi connectivity index (χ1v) is 9.89. The molecule has 1 saturated heterocycles. The van der Waals surface area contributed by atoms with E-state index in [1.54, 1.807) is 7.11 Å². The molecule has 0 radical (unpaired) electrons. The first kappa shape index (κ1) is 19.2. The molecule has 150 valence electrons. The van der Waals surface area contributed by atoms with Crippen molar-refractivity contribution in [3.63, 3.8) is 0 Å². The van der Waals surface area contributed by atoms with E-state index in [0.29, 0.717) is 26.1 Å². The van der Waals surface area contributed by atoms with Crippen molar-refractivity contribution in [1.29, 1.82) is 0 Å². The van der Waals surface area contributed by atoms with Crippen LogP contribution in [0, 0.1) is 5.41 Å². The van der Waals surface area contributed by atoms with Crippen molar-refractivity contribution in [3.05, 3.63) is 78.1 Å². The molecule has 1 aromatic heterocycles. The monoisotopic (exact) mass is 390 g/mol. The average Bonchev–Trinajstić information content (AvgIpc) is 3.20. The van der Waals surface area contributed by atoms with Gasteiger partial charge in [-0.25, -0.2) is 4.68 Å². The predicted molar refractivity (Wildman–Crippen MR) is 112 cm³/mol. The zero-order valence-corrected chi connectivity index (χ0v) is 16.6. The molecule has 4 rings (SSSR count). The van der Waals surface area contributed by atoms with Gasteiger partial charge in [-0.1, -0.05) is 30.3 Å². The zero-order chi connectivity index (χ0) is 20.1. The minimum absolute atomic E-state index is 0.106. The summed E-state index contributed by atoms with van der Waals surface area (Å²) in [5, 5.41) is 10.8. The van der Waals surface area contributed by atoms with Crippen LogP contribution in [0.15, 0.2) is 67.0 Å². The summed E-state index contributed by atoms with van der Waals surface area (Å²) in [7, 11) is 1.66. The molecule has 2 heterocycles. The van der Waals surface area contributed by atoms with Crippen molar-refractivity contribution in [2.24, 2.45) is 5.41 Å². The normalized spacial score (nSPS) is 14.8. The Morgan fingerprint density at radius 3 is 2.72 bits per heavy atom. The van der Waals surface area contributed by atoms with Crippen LogP contribution in [0.5, 0.6) is 5.75 Å². The maximum atomic E-state index is 12.9. The van der Waals surface area contributed by atoms with Gasteiger partial charge in [0.15, 0.2) is 0 Å². The van der Waals surface area contributed by atoms with Crippen molar-refractivity contribution in [1.82, 2.24) is 20.4 Å². The topological polar surface area (TPSA) is 68.2 Å². The van der Waals surface area contributed by atoms with Crippen molar-refractivity contribution in [2.45, 2.75) is 12.8 Å². The van der Waals surface area contributed by atoms with Gasteiger partial charge in [-0.2, -0.15) is 5.10 Å². The lowest BCUT2D eigenvalue weighted by Crippen LogP contribution is -2.62. The second-order valence-electron chi connectivity index (χ2n) is 7.55. The number of para-hydroxylation sites is 1. The Balaban J connectivity index is 1.33. The Morgan fingerprint density at radius 2 is 2.00 bits per heavy atom. The van der Waals surface area contributed by atoms with Crippen LogP contribution in [-0.4, -0.2) is 42.4 Å². The summed E-state index contributed by atoms with van der Waals surface area (Å²) in [5.74, 6) is 0.926. The smallest absolute Gasteiger partial charge is 0.229 e. The fourth-order valence-corrected chi connectivity index (χ4v) is 3.68. The summed E-state index contributed by atoms with van der Waals surface area (Å²) in [6, 6.07) is 18.0. The van der Waals surface area contributed by atoms with Gasteiger partial charge < -0.3 is 15.4 Å². The minimum Gasteiger partial charge on any atom is -0.497 e. The molecular weight excluding hydrogens is 364 g/mol. The second-order valence-corrected chi connectivity index (χ2v) is 7.55. The molecule has 1 amide bonds. The van der Waals surface area contributed by atoms with Crippen LogP contribution in [0.2, 0.25) is 0 Å². The van der Waals surface area contributed by atoms with Crippen LogP contribution in [0.1, 0.15) is 11.1 Å². The Kier molecular flexibility index (Phi) is 5.62. The third kappa shape index (κ3) is 4.32. The Morgan fingerprint density at radius 1 is 1.17 bits per heavy atom. The van der Waals surface area contributed by atoms with Crippen LogP contribution in [-0.2, 0) is 17.6 Å². The summed E-state index contributed by atoms with van der Waals surface area (Å²) in [5.41, 5.74) is 2.86. The average molecular weight is 390 g/mol. The van der Waals surface area contributed by atoms with Gasteiger partial charge in [0.05, 0.1) is 24.4 Å². The lowest BCUT2D eigenvalue weighted by atomic mass is 9.75. The summed E-state index contributed by atoms with van der Waals surface area (Å²) < 4.78 is 7.16. The minimum atomic E-state index is -0.388. The molecule has 6 heteroatoms. The quantitative estimate of drug-likeness (QED) is 0.620. The lowest BCUT2D eigenvalue weighted by molar-refractivity contribution is -0.133. The number of benzene rings is 2. The number of methoxy groups -OCH3 is 1. The van der Waals surface area contributed by atoms with Gasteiger partial charge in [0, 0.05) is 25.8 Å². The Labute approximate surface area is 170 Å². The molecular formula is C23H26N4O2. The van der Waals surface area contributed by atoms with E-state index < -0.39 is 0 Å². The number of carbonyl (C=O) groups is 1. The van der Waals surface area contributed by atoms with Gasteiger partial charge >= 0.3 is 0 Å². The molecule has 6 nitrogen and oxygen atoms in total. The maximum absolute atomic E-state index is 12.9. The molecule has 0 saturated carbocycles. The van der Waals surface area contributed by atoms with E-state index in [9.17, 15) is 4.79 Å². The number of hydrogen-bond acceptors (Lipinski definition) is 4. The van der Waals surface area contributed by atoms with Gasteiger partial charge in [0.1, 0.15) is 5.75 Å². The largest absolute Gasteiger partial charge is 0.497 e. The first-order valence-electron chi connectivity index (χ1n) is 9.89. The van der Waals surface area contributed by atoms with Gasteiger partial charge in [-0.15, -0.1) is 0 Å².